The Kier molecular flexibility index (Phi) is 4.80. The molecule has 0 heterocycles. The van der Waals surface area contributed by atoms with E-state index in [-0.39, 0.29) is 6.61 Å². The fourth-order valence-corrected chi connectivity index (χ4v) is 2.02. The van der Waals surface area contributed by atoms with Gasteiger partial charge in [-0.25, -0.2) is 0 Å². The van der Waals surface area contributed by atoms with Crippen molar-refractivity contribution in [1.29, 1.82) is 0 Å². The molecule has 2 aromatic carbocycles. The second-order valence-electron chi connectivity index (χ2n) is 4.15. The van der Waals surface area contributed by atoms with Crippen LogP contribution in [-0.2, 0) is 13.2 Å². The van der Waals surface area contributed by atoms with Crippen molar-refractivity contribution in [3.05, 3.63) is 58.6 Å². The van der Waals surface area contributed by atoms with Gasteiger partial charge in [-0.3, -0.25) is 0 Å². The van der Waals surface area contributed by atoms with Crippen LogP contribution in [0.1, 0.15) is 11.1 Å². The molecule has 0 radical (unpaired) electrons. The molecule has 3 nitrogen and oxygen atoms in total. The normalized spacial score (nSPS) is 10.5. The van der Waals surface area contributed by atoms with Gasteiger partial charge < -0.3 is 15.2 Å². The van der Waals surface area contributed by atoms with Crippen molar-refractivity contribution in [3.8, 4) is 11.5 Å². The summed E-state index contributed by atoms with van der Waals surface area (Å²) in [7, 11) is 1.87. The van der Waals surface area contributed by atoms with Gasteiger partial charge in [-0.05, 0) is 31.3 Å². The Morgan fingerprint density at radius 2 is 1.84 bits per heavy atom. The van der Waals surface area contributed by atoms with Gasteiger partial charge >= 0.3 is 0 Å². The Balaban J connectivity index is 2.32. The van der Waals surface area contributed by atoms with Gasteiger partial charge in [-0.2, -0.15) is 0 Å². The Labute approximate surface area is 117 Å². The van der Waals surface area contributed by atoms with Crippen molar-refractivity contribution in [1.82, 2.24) is 5.32 Å². The number of rotatable bonds is 5. The van der Waals surface area contributed by atoms with Crippen molar-refractivity contribution >= 4 is 11.6 Å². The van der Waals surface area contributed by atoms with Crippen LogP contribution in [0.15, 0.2) is 42.5 Å². The summed E-state index contributed by atoms with van der Waals surface area (Å²) in [6, 6.07) is 12.9. The van der Waals surface area contributed by atoms with Crippen LogP contribution >= 0.6 is 11.6 Å². The van der Waals surface area contributed by atoms with Crippen molar-refractivity contribution in [3.63, 3.8) is 0 Å². The zero-order chi connectivity index (χ0) is 13.7. The smallest absolute Gasteiger partial charge is 0.132 e. The second-order valence-corrected chi connectivity index (χ2v) is 4.59. The highest BCUT2D eigenvalue weighted by Gasteiger charge is 2.08. The maximum atomic E-state index is 9.30. The maximum absolute atomic E-state index is 9.30. The first-order valence-electron chi connectivity index (χ1n) is 6.04. The van der Waals surface area contributed by atoms with E-state index in [1.54, 1.807) is 6.07 Å². The molecule has 0 atom stereocenters. The predicted molar refractivity (Wildman–Crippen MR) is 76.7 cm³/mol. The minimum absolute atomic E-state index is 0.0505. The molecule has 0 aliphatic carbocycles. The average Bonchev–Trinajstić information content (AvgIpc) is 2.43. The zero-order valence-corrected chi connectivity index (χ0v) is 11.4. The third kappa shape index (κ3) is 3.47. The number of halogens is 1. The molecule has 0 spiro atoms. The fraction of sp³-hybridized carbons (Fsp3) is 0.200. The minimum Gasteiger partial charge on any atom is -0.457 e. The van der Waals surface area contributed by atoms with Crippen LogP contribution in [0.5, 0.6) is 11.5 Å². The quantitative estimate of drug-likeness (QED) is 0.881. The van der Waals surface area contributed by atoms with Gasteiger partial charge in [0, 0.05) is 22.7 Å². The summed E-state index contributed by atoms with van der Waals surface area (Å²) in [5.74, 6) is 1.39. The molecule has 0 bridgehead atoms. The SMILES string of the molecule is CNCc1cc(Cl)ccc1Oc1ccccc1CO. The van der Waals surface area contributed by atoms with E-state index in [0.717, 1.165) is 16.9 Å². The molecule has 0 aromatic heterocycles. The van der Waals surface area contributed by atoms with Crippen LogP contribution in [0.2, 0.25) is 5.02 Å². The van der Waals surface area contributed by atoms with Gasteiger partial charge in [0.05, 0.1) is 6.61 Å². The van der Waals surface area contributed by atoms with E-state index in [1.807, 2.05) is 43.4 Å². The van der Waals surface area contributed by atoms with Crippen molar-refractivity contribution in [2.24, 2.45) is 0 Å². The highest BCUT2D eigenvalue weighted by molar-refractivity contribution is 6.30. The lowest BCUT2D eigenvalue weighted by atomic mass is 10.2. The summed E-state index contributed by atoms with van der Waals surface area (Å²) >= 11 is 5.99. The van der Waals surface area contributed by atoms with Gasteiger partial charge in [0.1, 0.15) is 11.5 Å². The molecule has 2 aromatic rings. The fourth-order valence-electron chi connectivity index (χ4n) is 1.83. The molecule has 2 rings (SSSR count). The number of ether oxygens (including phenoxy) is 1. The Morgan fingerprint density at radius 1 is 1.11 bits per heavy atom. The number of para-hydroxylation sites is 1. The maximum Gasteiger partial charge on any atom is 0.132 e. The number of hydrogen-bond acceptors (Lipinski definition) is 3. The lowest BCUT2D eigenvalue weighted by molar-refractivity contribution is 0.276. The molecule has 0 saturated heterocycles. The van der Waals surface area contributed by atoms with Crippen LogP contribution in [0.3, 0.4) is 0 Å². The molecule has 100 valence electrons. The van der Waals surface area contributed by atoms with E-state index in [0.29, 0.717) is 17.3 Å². The first-order chi connectivity index (χ1) is 9.24. The number of aliphatic hydroxyl groups excluding tert-OH is 1. The van der Waals surface area contributed by atoms with Gasteiger partial charge in [0.25, 0.3) is 0 Å². The van der Waals surface area contributed by atoms with E-state index in [9.17, 15) is 5.11 Å². The van der Waals surface area contributed by atoms with Crippen LogP contribution in [0.25, 0.3) is 0 Å². The lowest BCUT2D eigenvalue weighted by Gasteiger charge is -2.13. The molecule has 0 aliphatic heterocycles. The van der Waals surface area contributed by atoms with Crippen LogP contribution in [0, 0.1) is 0 Å². The van der Waals surface area contributed by atoms with Crippen molar-refractivity contribution in [2.45, 2.75) is 13.2 Å². The first-order valence-corrected chi connectivity index (χ1v) is 6.42. The molecular formula is C15H16ClNO2. The molecule has 4 heteroatoms. The topological polar surface area (TPSA) is 41.5 Å². The van der Waals surface area contributed by atoms with Crippen LogP contribution in [-0.4, -0.2) is 12.2 Å². The number of benzene rings is 2. The number of aliphatic hydroxyl groups is 1. The van der Waals surface area contributed by atoms with E-state index in [2.05, 4.69) is 5.32 Å². The van der Waals surface area contributed by atoms with Crippen LogP contribution < -0.4 is 10.1 Å². The van der Waals surface area contributed by atoms with Crippen LogP contribution in [0.4, 0.5) is 0 Å². The molecule has 0 unspecified atom stereocenters. The van der Waals surface area contributed by atoms with Gasteiger partial charge in [0.2, 0.25) is 0 Å². The summed E-state index contributed by atoms with van der Waals surface area (Å²) in [6.07, 6.45) is 0. The largest absolute Gasteiger partial charge is 0.457 e. The highest BCUT2D eigenvalue weighted by Crippen LogP contribution is 2.30. The van der Waals surface area contributed by atoms with Crippen molar-refractivity contribution in [2.75, 3.05) is 7.05 Å². The third-order valence-electron chi connectivity index (χ3n) is 2.75. The molecule has 0 aliphatic rings. The summed E-state index contributed by atoms with van der Waals surface area (Å²) in [4.78, 5) is 0. The molecule has 0 fully saturated rings. The van der Waals surface area contributed by atoms with Gasteiger partial charge in [0.15, 0.2) is 0 Å². The summed E-state index contributed by atoms with van der Waals surface area (Å²) in [5.41, 5.74) is 1.73. The van der Waals surface area contributed by atoms with Crippen molar-refractivity contribution < 1.29 is 9.84 Å². The summed E-state index contributed by atoms with van der Waals surface area (Å²) < 4.78 is 5.88. The molecule has 19 heavy (non-hydrogen) atoms. The van der Waals surface area contributed by atoms with Gasteiger partial charge in [-0.15, -0.1) is 0 Å². The van der Waals surface area contributed by atoms with E-state index in [1.165, 1.54) is 0 Å². The monoisotopic (exact) mass is 277 g/mol. The Bertz CT molecular complexity index is 558. The zero-order valence-electron chi connectivity index (χ0n) is 10.7. The first kappa shape index (κ1) is 13.9. The Morgan fingerprint density at radius 3 is 2.58 bits per heavy atom. The second kappa shape index (κ2) is 6.57. The summed E-state index contributed by atoms with van der Waals surface area (Å²) in [5, 5.41) is 13.1. The van der Waals surface area contributed by atoms with E-state index >= 15 is 0 Å². The average molecular weight is 278 g/mol. The third-order valence-corrected chi connectivity index (χ3v) is 2.99. The number of nitrogens with one attached hydrogen (secondary N) is 1. The molecule has 0 amide bonds. The van der Waals surface area contributed by atoms with E-state index < -0.39 is 0 Å². The number of hydrogen-bond donors (Lipinski definition) is 2. The minimum atomic E-state index is -0.0505. The van der Waals surface area contributed by atoms with E-state index in [4.69, 9.17) is 16.3 Å². The Hall–Kier alpha value is -1.55. The molecule has 0 saturated carbocycles. The molecule has 2 N–H and O–H groups in total. The van der Waals surface area contributed by atoms with Gasteiger partial charge in [-0.1, -0.05) is 29.8 Å². The predicted octanol–water partition coefficient (Wildman–Crippen LogP) is 3.34. The lowest BCUT2D eigenvalue weighted by Crippen LogP contribution is -2.06. The highest BCUT2D eigenvalue weighted by atomic mass is 35.5. The summed E-state index contributed by atoms with van der Waals surface area (Å²) in [6.45, 7) is 0.613. The molecular weight excluding hydrogens is 262 g/mol. The standard InChI is InChI=1S/C15H16ClNO2/c1-17-9-12-8-13(16)6-7-15(12)19-14-5-3-2-4-11(14)10-18/h2-8,17-18H,9-10H2,1H3.